The fraction of sp³-hybridized carbons (Fsp3) is 0. The number of benzene rings is 5. The third kappa shape index (κ3) is 8.79. The van der Waals surface area contributed by atoms with Crippen LogP contribution in [0.25, 0.3) is 21.5 Å². The number of nitro benzene ring substituents is 1. The molecule has 0 heterocycles. The van der Waals surface area contributed by atoms with Gasteiger partial charge >= 0.3 is 56.6 Å². The van der Waals surface area contributed by atoms with Gasteiger partial charge in [-0.2, -0.15) is 5.11 Å². The number of rotatable bonds is 8. The number of non-ortho nitro benzene ring substituents is 1. The Morgan fingerprint density at radius 2 is 1.10 bits per heavy atom. The Morgan fingerprint density at radius 1 is 0.600 bits per heavy atom. The molecule has 0 radical (unpaired) electrons. The molecule has 18 nitrogen and oxygen atoms in total. The summed E-state index contributed by atoms with van der Waals surface area (Å²) < 4.78 is 106. The molecule has 24 heteroatoms. The molecule has 0 saturated heterocycles. The SMILES string of the molecule is Nc1c(S(=O)(=O)[O-])cc(S(=O)(=O)[O-])c2ccc(N=Nc3ccc(N=Nc4ccc([N+](=O)[O-])cc4)c4ccc(S(=O)(=O)[O-])cc34)c(O)c12.[Li+].[Li+].[Li+]. The van der Waals surface area contributed by atoms with Crippen LogP contribution in [0.3, 0.4) is 0 Å². The number of aromatic hydroxyl groups is 1. The number of nitrogen functional groups attached to an aromatic ring is 1. The first-order valence-electron chi connectivity index (χ1n) is 12.5. The Bertz CT molecular complexity index is 2550. The van der Waals surface area contributed by atoms with Gasteiger partial charge in [0.1, 0.15) is 36.0 Å². The molecule has 0 spiro atoms. The molecule has 5 rings (SSSR count). The summed E-state index contributed by atoms with van der Waals surface area (Å²) in [5.41, 5.74) is 4.58. The van der Waals surface area contributed by atoms with Crippen molar-refractivity contribution >= 4 is 86.0 Å². The Balaban J connectivity index is 0.00000289. The molecular weight excluding hydrogens is 705 g/mol. The molecule has 3 N–H and O–H groups in total. The number of phenols is 1. The quantitative estimate of drug-likeness (QED) is 0.0384. The van der Waals surface area contributed by atoms with Crippen molar-refractivity contribution in [3.05, 3.63) is 82.9 Å². The molecule has 0 aliphatic heterocycles. The van der Waals surface area contributed by atoms with E-state index < -0.39 is 77.9 Å². The van der Waals surface area contributed by atoms with Crippen LogP contribution in [0.5, 0.6) is 5.75 Å². The van der Waals surface area contributed by atoms with Gasteiger partial charge in [-0.1, -0.05) is 12.1 Å². The van der Waals surface area contributed by atoms with E-state index in [9.17, 15) is 54.1 Å². The smallest absolute Gasteiger partial charge is 0.744 e. The Labute approximate surface area is 318 Å². The van der Waals surface area contributed by atoms with Gasteiger partial charge in [-0.3, -0.25) is 10.1 Å². The second kappa shape index (κ2) is 15.7. The van der Waals surface area contributed by atoms with Crippen molar-refractivity contribution in [2.75, 3.05) is 5.73 Å². The van der Waals surface area contributed by atoms with Gasteiger partial charge < -0.3 is 24.5 Å². The summed E-state index contributed by atoms with van der Waals surface area (Å²) in [5, 5.41) is 36.8. The predicted molar refractivity (Wildman–Crippen MR) is 159 cm³/mol. The molecule has 50 heavy (non-hydrogen) atoms. The molecular formula is C26H15Li3N6O12S3. The van der Waals surface area contributed by atoms with Gasteiger partial charge in [0.2, 0.25) is 0 Å². The van der Waals surface area contributed by atoms with E-state index in [1.807, 2.05) is 0 Å². The van der Waals surface area contributed by atoms with Gasteiger partial charge in [0, 0.05) is 28.3 Å². The third-order valence-electron chi connectivity index (χ3n) is 6.59. The van der Waals surface area contributed by atoms with E-state index in [-0.39, 0.29) is 96.2 Å². The van der Waals surface area contributed by atoms with Crippen molar-refractivity contribution in [1.82, 2.24) is 0 Å². The van der Waals surface area contributed by atoms with E-state index in [1.165, 1.54) is 42.5 Å². The Morgan fingerprint density at radius 3 is 1.64 bits per heavy atom. The Hall–Kier alpha value is -3.66. The van der Waals surface area contributed by atoms with Gasteiger partial charge in [0.05, 0.1) is 47.7 Å². The maximum Gasteiger partial charge on any atom is 1.00 e. The number of nitrogens with zero attached hydrogens (tertiary/aromatic N) is 5. The van der Waals surface area contributed by atoms with Crippen LogP contribution in [-0.2, 0) is 30.4 Å². The van der Waals surface area contributed by atoms with Gasteiger partial charge in [-0.15, -0.1) is 15.3 Å². The van der Waals surface area contributed by atoms with E-state index >= 15 is 0 Å². The maximum absolute atomic E-state index is 11.8. The van der Waals surface area contributed by atoms with Gasteiger partial charge in [0.15, 0.2) is 5.75 Å². The third-order valence-corrected chi connectivity index (χ3v) is 9.17. The molecule has 0 aliphatic rings. The topological polar surface area (TPSA) is 310 Å². The first kappa shape index (κ1) is 42.5. The van der Waals surface area contributed by atoms with E-state index in [0.29, 0.717) is 0 Å². The van der Waals surface area contributed by atoms with E-state index in [4.69, 9.17) is 5.73 Å². The van der Waals surface area contributed by atoms with Crippen LogP contribution >= 0.6 is 0 Å². The van der Waals surface area contributed by atoms with Crippen molar-refractivity contribution in [3.63, 3.8) is 0 Å². The fourth-order valence-electron chi connectivity index (χ4n) is 4.44. The molecule has 242 valence electrons. The summed E-state index contributed by atoms with van der Waals surface area (Å²) in [6.45, 7) is 0. The second-order valence-corrected chi connectivity index (χ2v) is 13.6. The minimum Gasteiger partial charge on any atom is -0.744 e. The summed E-state index contributed by atoms with van der Waals surface area (Å²) in [4.78, 5) is 7.21. The zero-order valence-electron chi connectivity index (χ0n) is 25.9. The Kier molecular flexibility index (Phi) is 13.4. The van der Waals surface area contributed by atoms with Gasteiger partial charge in [-0.05, 0) is 48.5 Å². The molecule has 5 aromatic rings. The number of hydrogen-bond donors (Lipinski definition) is 2. The van der Waals surface area contributed by atoms with E-state index in [0.717, 1.165) is 24.3 Å². The summed E-state index contributed by atoms with van der Waals surface area (Å²) in [6, 6.07) is 13.2. The maximum atomic E-state index is 11.8. The van der Waals surface area contributed by atoms with Crippen LogP contribution < -0.4 is 62.3 Å². The van der Waals surface area contributed by atoms with E-state index in [2.05, 4.69) is 20.5 Å². The average Bonchev–Trinajstić information content (AvgIpc) is 2.98. The van der Waals surface area contributed by atoms with Crippen LogP contribution in [0.15, 0.2) is 108 Å². The molecule has 0 bridgehead atoms. The first-order chi connectivity index (χ1) is 21.9. The number of hydrogen-bond acceptors (Lipinski definition) is 17. The number of anilines is 1. The molecule has 0 aliphatic carbocycles. The van der Waals surface area contributed by atoms with Crippen LogP contribution in [0.1, 0.15) is 0 Å². The normalized spacial score (nSPS) is 12.1. The van der Waals surface area contributed by atoms with Crippen LogP contribution in [0.2, 0.25) is 0 Å². The number of phenolic OH excluding ortho intramolecular Hbond substituents is 1. The second-order valence-electron chi connectivity index (χ2n) is 9.49. The minimum atomic E-state index is -5.43. The number of nitro groups is 1. The summed E-state index contributed by atoms with van der Waals surface area (Å²) >= 11 is 0. The first-order valence-corrected chi connectivity index (χ1v) is 16.7. The van der Waals surface area contributed by atoms with Gasteiger partial charge in [-0.25, -0.2) is 25.3 Å². The summed E-state index contributed by atoms with van der Waals surface area (Å²) in [6.07, 6.45) is 0. The zero-order valence-corrected chi connectivity index (χ0v) is 28.4. The summed E-state index contributed by atoms with van der Waals surface area (Å²) in [7, 11) is -15.8. The summed E-state index contributed by atoms with van der Waals surface area (Å²) in [5.74, 6) is -0.959. The van der Waals surface area contributed by atoms with E-state index in [1.54, 1.807) is 0 Å². The average molecular weight is 720 g/mol. The van der Waals surface area contributed by atoms with Crippen molar-refractivity contribution < 1.29 is 106 Å². The number of nitrogens with two attached hydrogens (primary N) is 1. The minimum absolute atomic E-state index is 0. The molecule has 0 aromatic heterocycles. The standard InChI is InChI=1S/C26H18N6O12S3.3Li/c27-25-23(47(42,43)44)12-22(46(39,40)41)17-7-8-21(26(33)24(17)25)31-30-20-10-9-19(16-6-5-15(11-18(16)20)45(36,37)38)29-28-13-1-3-14(4-2-13)32(34)35;;;/h1-12,33H,27H2,(H,36,37,38)(H,39,40,41)(H,42,43,44);;;/q;3*+1/p-3. The van der Waals surface area contributed by atoms with Crippen LogP contribution in [-0.4, -0.2) is 48.9 Å². The van der Waals surface area contributed by atoms with Gasteiger partial charge in [0.25, 0.3) is 5.69 Å². The molecule has 0 unspecified atom stereocenters. The molecule has 0 atom stereocenters. The fourth-order valence-corrected chi connectivity index (χ4v) is 6.34. The molecule has 0 saturated carbocycles. The van der Waals surface area contributed by atoms with Crippen molar-refractivity contribution in [3.8, 4) is 5.75 Å². The predicted octanol–water partition coefficient (Wildman–Crippen LogP) is -4.26. The largest absolute Gasteiger partial charge is 1.00 e. The monoisotopic (exact) mass is 720 g/mol. The molecule has 0 fully saturated rings. The van der Waals surface area contributed by atoms with Crippen molar-refractivity contribution in [2.45, 2.75) is 14.7 Å². The van der Waals surface area contributed by atoms with Crippen molar-refractivity contribution in [2.24, 2.45) is 20.5 Å². The molecule has 5 aromatic carbocycles. The number of fused-ring (bicyclic) bond motifs is 2. The van der Waals surface area contributed by atoms with Crippen LogP contribution in [0.4, 0.5) is 34.1 Å². The number of azo groups is 2. The molecule has 0 amide bonds. The zero-order chi connectivity index (χ0) is 34.5. The van der Waals surface area contributed by atoms with Crippen LogP contribution in [0, 0.1) is 10.1 Å². The van der Waals surface area contributed by atoms with Crippen molar-refractivity contribution in [1.29, 1.82) is 0 Å².